The van der Waals surface area contributed by atoms with Gasteiger partial charge in [0, 0.05) is 31.4 Å². The zero-order valence-corrected chi connectivity index (χ0v) is 12.2. The van der Waals surface area contributed by atoms with Crippen LogP contribution in [0.25, 0.3) is 0 Å². The van der Waals surface area contributed by atoms with Crippen LogP contribution in [0.5, 0.6) is 0 Å². The van der Waals surface area contributed by atoms with E-state index in [-0.39, 0.29) is 0 Å². The van der Waals surface area contributed by atoms with E-state index < -0.39 is 0 Å². The lowest BCUT2D eigenvalue weighted by molar-refractivity contribution is 0.410. The number of benzene rings is 1. The molecule has 0 aliphatic carbocycles. The molecule has 2 rings (SSSR count). The largest absolute Gasteiger partial charge is 0.306 e. The fraction of sp³-hybridized carbons (Fsp3) is 0.438. The lowest BCUT2D eigenvalue weighted by atomic mass is 9.96. The monoisotopic (exact) mass is 257 g/mol. The van der Waals surface area contributed by atoms with Crippen LogP contribution in [0.15, 0.2) is 36.5 Å². The maximum Gasteiger partial charge on any atom is 0.0638 e. The van der Waals surface area contributed by atoms with Crippen LogP contribution >= 0.6 is 0 Å². The van der Waals surface area contributed by atoms with Gasteiger partial charge in [0.15, 0.2) is 0 Å². The first-order chi connectivity index (χ1) is 9.08. The molecule has 0 fully saturated rings. The summed E-state index contributed by atoms with van der Waals surface area (Å²) in [7, 11) is 1.97. The van der Waals surface area contributed by atoms with Gasteiger partial charge in [-0.3, -0.25) is 4.68 Å². The Morgan fingerprint density at radius 1 is 1.21 bits per heavy atom. The molecule has 1 unspecified atom stereocenters. The van der Waals surface area contributed by atoms with Gasteiger partial charge in [-0.2, -0.15) is 5.10 Å². The summed E-state index contributed by atoms with van der Waals surface area (Å²) in [5, 5.41) is 8.04. The molecular weight excluding hydrogens is 234 g/mol. The minimum Gasteiger partial charge on any atom is -0.306 e. The van der Waals surface area contributed by atoms with Crippen molar-refractivity contribution >= 4 is 0 Å². The molecular formula is C16H23N3. The van der Waals surface area contributed by atoms with Crippen LogP contribution in [0.1, 0.15) is 36.7 Å². The number of hydrogen-bond acceptors (Lipinski definition) is 2. The van der Waals surface area contributed by atoms with Gasteiger partial charge in [0.1, 0.15) is 0 Å². The third kappa shape index (κ3) is 3.44. The Labute approximate surface area is 115 Å². The van der Waals surface area contributed by atoms with Gasteiger partial charge in [0.25, 0.3) is 0 Å². The lowest BCUT2D eigenvalue weighted by Crippen LogP contribution is -2.25. The summed E-state index contributed by atoms with van der Waals surface area (Å²) in [5.74, 6) is 0.555. The summed E-state index contributed by atoms with van der Waals surface area (Å²) in [5.41, 5.74) is 3.72. The van der Waals surface area contributed by atoms with Gasteiger partial charge in [-0.1, -0.05) is 44.2 Å². The van der Waals surface area contributed by atoms with Gasteiger partial charge in [-0.25, -0.2) is 0 Å². The minimum atomic E-state index is 0.376. The Morgan fingerprint density at radius 3 is 2.42 bits per heavy atom. The second-order valence-electron chi connectivity index (χ2n) is 5.43. The second kappa shape index (κ2) is 6.02. The summed E-state index contributed by atoms with van der Waals surface area (Å²) >= 11 is 0. The number of aryl methyl sites for hydroxylation is 2. The standard InChI is InChI=1S/C16H23N3/c1-12(2)16(14-8-6-5-7-9-14)17-10-15-11-19(4)18-13(15)3/h5-9,11-12,16-17H,10H2,1-4H3. The first kappa shape index (κ1) is 13.8. The predicted molar refractivity (Wildman–Crippen MR) is 78.8 cm³/mol. The molecule has 0 aliphatic heterocycles. The number of nitrogens with zero attached hydrogens (tertiary/aromatic N) is 2. The highest BCUT2D eigenvalue weighted by Gasteiger charge is 2.15. The van der Waals surface area contributed by atoms with Crippen molar-refractivity contribution in [3.8, 4) is 0 Å². The molecule has 102 valence electrons. The Morgan fingerprint density at radius 2 is 1.89 bits per heavy atom. The van der Waals surface area contributed by atoms with Crippen LogP contribution in [0.4, 0.5) is 0 Å². The van der Waals surface area contributed by atoms with Crippen molar-refractivity contribution in [3.63, 3.8) is 0 Å². The Hall–Kier alpha value is -1.61. The molecule has 1 heterocycles. The van der Waals surface area contributed by atoms with Gasteiger partial charge >= 0.3 is 0 Å². The van der Waals surface area contributed by atoms with E-state index in [9.17, 15) is 0 Å². The van der Waals surface area contributed by atoms with E-state index in [1.165, 1.54) is 11.1 Å². The van der Waals surface area contributed by atoms with Crippen LogP contribution < -0.4 is 5.32 Å². The fourth-order valence-corrected chi connectivity index (χ4v) is 2.44. The van der Waals surface area contributed by atoms with Crippen LogP contribution in [0.3, 0.4) is 0 Å². The zero-order valence-electron chi connectivity index (χ0n) is 12.2. The number of rotatable bonds is 5. The van der Waals surface area contributed by atoms with Gasteiger partial charge in [-0.05, 0) is 18.4 Å². The molecule has 0 aliphatic rings. The third-order valence-corrected chi connectivity index (χ3v) is 3.45. The van der Waals surface area contributed by atoms with E-state index >= 15 is 0 Å². The highest BCUT2D eigenvalue weighted by Crippen LogP contribution is 2.22. The molecule has 1 N–H and O–H groups in total. The molecule has 1 atom stereocenters. The Balaban J connectivity index is 2.08. The molecule has 2 aromatic rings. The van der Waals surface area contributed by atoms with Crippen LogP contribution in [-0.2, 0) is 13.6 Å². The maximum absolute atomic E-state index is 4.38. The molecule has 1 aromatic heterocycles. The maximum atomic E-state index is 4.38. The van der Waals surface area contributed by atoms with Crippen LogP contribution in [0, 0.1) is 12.8 Å². The van der Waals surface area contributed by atoms with Gasteiger partial charge in [0.2, 0.25) is 0 Å². The molecule has 0 amide bonds. The van der Waals surface area contributed by atoms with Crippen molar-refractivity contribution in [2.45, 2.75) is 33.4 Å². The molecule has 0 saturated heterocycles. The number of aromatic nitrogens is 2. The average Bonchev–Trinajstić information content (AvgIpc) is 2.69. The van der Waals surface area contributed by atoms with Crippen molar-refractivity contribution in [3.05, 3.63) is 53.3 Å². The summed E-state index contributed by atoms with van der Waals surface area (Å²) in [6, 6.07) is 11.0. The summed E-state index contributed by atoms with van der Waals surface area (Å²) in [4.78, 5) is 0. The molecule has 3 nitrogen and oxygen atoms in total. The minimum absolute atomic E-state index is 0.376. The molecule has 0 radical (unpaired) electrons. The van der Waals surface area contributed by atoms with Gasteiger partial charge in [0.05, 0.1) is 5.69 Å². The van der Waals surface area contributed by atoms with Crippen molar-refractivity contribution in [2.75, 3.05) is 0 Å². The van der Waals surface area contributed by atoms with E-state index in [0.29, 0.717) is 12.0 Å². The summed E-state index contributed by atoms with van der Waals surface area (Å²) in [6.07, 6.45) is 2.09. The van der Waals surface area contributed by atoms with Crippen LogP contribution in [-0.4, -0.2) is 9.78 Å². The first-order valence-corrected chi connectivity index (χ1v) is 6.85. The summed E-state index contributed by atoms with van der Waals surface area (Å²) in [6.45, 7) is 7.42. The van der Waals surface area contributed by atoms with E-state index in [1.807, 2.05) is 11.7 Å². The molecule has 0 bridgehead atoms. The second-order valence-corrected chi connectivity index (χ2v) is 5.43. The predicted octanol–water partition coefficient (Wildman–Crippen LogP) is 3.22. The highest BCUT2D eigenvalue weighted by molar-refractivity contribution is 5.21. The van der Waals surface area contributed by atoms with Crippen molar-refractivity contribution < 1.29 is 0 Å². The first-order valence-electron chi connectivity index (χ1n) is 6.85. The van der Waals surface area contributed by atoms with E-state index in [1.54, 1.807) is 0 Å². The molecule has 1 aromatic carbocycles. The Kier molecular flexibility index (Phi) is 4.38. The fourth-order valence-electron chi connectivity index (χ4n) is 2.44. The SMILES string of the molecule is Cc1nn(C)cc1CNC(c1ccccc1)C(C)C. The third-order valence-electron chi connectivity index (χ3n) is 3.45. The highest BCUT2D eigenvalue weighted by atomic mass is 15.2. The van der Waals surface area contributed by atoms with E-state index in [4.69, 9.17) is 0 Å². The molecule has 0 saturated carbocycles. The molecule has 3 heteroatoms. The lowest BCUT2D eigenvalue weighted by Gasteiger charge is -2.23. The number of nitrogens with one attached hydrogen (secondary N) is 1. The average molecular weight is 257 g/mol. The van der Waals surface area contributed by atoms with E-state index in [0.717, 1.165) is 12.2 Å². The molecule has 19 heavy (non-hydrogen) atoms. The van der Waals surface area contributed by atoms with Gasteiger partial charge < -0.3 is 5.32 Å². The number of hydrogen-bond donors (Lipinski definition) is 1. The topological polar surface area (TPSA) is 29.9 Å². The van der Waals surface area contributed by atoms with Crippen molar-refractivity contribution in [1.29, 1.82) is 0 Å². The normalized spacial score (nSPS) is 12.9. The van der Waals surface area contributed by atoms with Crippen LogP contribution in [0.2, 0.25) is 0 Å². The van der Waals surface area contributed by atoms with E-state index in [2.05, 4.69) is 67.7 Å². The summed E-state index contributed by atoms with van der Waals surface area (Å²) < 4.78 is 1.87. The smallest absolute Gasteiger partial charge is 0.0638 e. The Bertz CT molecular complexity index is 514. The quantitative estimate of drug-likeness (QED) is 0.891. The van der Waals surface area contributed by atoms with Crippen molar-refractivity contribution in [1.82, 2.24) is 15.1 Å². The van der Waals surface area contributed by atoms with Crippen molar-refractivity contribution in [2.24, 2.45) is 13.0 Å². The zero-order chi connectivity index (χ0) is 13.8. The van der Waals surface area contributed by atoms with Gasteiger partial charge in [-0.15, -0.1) is 0 Å². The molecule has 0 spiro atoms.